The van der Waals surface area contributed by atoms with Crippen LogP contribution in [0.25, 0.3) is 10.9 Å². The molecule has 2 heteroatoms. The molecule has 0 spiro atoms. The lowest BCUT2D eigenvalue weighted by Gasteiger charge is -1.97. The molecule has 0 unspecified atom stereocenters. The third-order valence-electron chi connectivity index (χ3n) is 2.02. The average molecular weight is 172 g/mol. The molecule has 0 aliphatic heterocycles. The molecule has 0 saturated heterocycles. The lowest BCUT2D eigenvalue weighted by atomic mass is 10.1. The summed E-state index contributed by atoms with van der Waals surface area (Å²) in [5.74, 6) is 0. The summed E-state index contributed by atoms with van der Waals surface area (Å²) in [5, 5.41) is 7.83. The molecule has 0 aliphatic rings. The van der Waals surface area contributed by atoms with Crippen molar-refractivity contribution in [1.29, 1.82) is 5.26 Å². The van der Waals surface area contributed by atoms with Crippen molar-refractivity contribution in [3.63, 3.8) is 0 Å². The van der Waals surface area contributed by atoms with E-state index in [1.54, 1.807) is 0 Å². The van der Waals surface area contributed by atoms with Crippen molar-refractivity contribution in [1.82, 2.24) is 4.98 Å². The number of H-pyrrole nitrogens is 1. The Balaban J connectivity index is 0.000000396. The summed E-state index contributed by atoms with van der Waals surface area (Å²) in [6.45, 7) is 7.76. The zero-order chi connectivity index (χ0) is 9.84. The monoisotopic (exact) mass is 172 g/mol. The van der Waals surface area contributed by atoms with Crippen LogP contribution in [0.1, 0.15) is 11.1 Å². The summed E-state index contributed by atoms with van der Waals surface area (Å²) in [6, 6.07) is 6.49. The Hall–Kier alpha value is -1.75. The molecule has 1 aromatic carbocycles. The van der Waals surface area contributed by atoms with E-state index in [0.717, 1.165) is 0 Å². The van der Waals surface area contributed by atoms with Gasteiger partial charge in [-0.1, -0.05) is 6.07 Å². The molecule has 13 heavy (non-hydrogen) atoms. The van der Waals surface area contributed by atoms with Gasteiger partial charge in [-0.2, -0.15) is 0 Å². The molecule has 1 N–H and O–H groups in total. The fourth-order valence-corrected chi connectivity index (χ4v) is 1.53. The first kappa shape index (κ1) is 9.34. The van der Waals surface area contributed by atoms with Crippen LogP contribution in [0.2, 0.25) is 0 Å². The molecule has 1 aromatic heterocycles. The lowest BCUT2D eigenvalue weighted by molar-refractivity contribution is 1.41. The zero-order valence-electron chi connectivity index (χ0n) is 7.83. The molecule has 2 aromatic rings. The number of nitrogens with zero attached hydrogens (tertiary/aromatic N) is 1. The van der Waals surface area contributed by atoms with E-state index in [1.165, 1.54) is 22.0 Å². The van der Waals surface area contributed by atoms with Crippen molar-refractivity contribution in [3.05, 3.63) is 35.5 Å². The first-order valence-corrected chi connectivity index (χ1v) is 4.07. The SMILES string of the molecule is C#N.Cc1cc(C)c2cc[nH]c2c1. The molecule has 0 amide bonds. The van der Waals surface area contributed by atoms with E-state index < -0.39 is 0 Å². The Bertz CT molecular complexity index is 424. The molecule has 0 radical (unpaired) electrons. The molecule has 2 nitrogen and oxygen atoms in total. The Labute approximate surface area is 77.8 Å². The van der Waals surface area contributed by atoms with Crippen LogP contribution in [-0.2, 0) is 0 Å². The van der Waals surface area contributed by atoms with E-state index in [2.05, 4.69) is 43.6 Å². The van der Waals surface area contributed by atoms with Crippen LogP contribution in [0.15, 0.2) is 24.4 Å². The highest BCUT2D eigenvalue weighted by Gasteiger charge is 1.97. The first-order chi connectivity index (χ1) is 6.27. The molecule has 2 rings (SSSR count). The standard InChI is InChI=1S/C10H11N.CHN/c1-7-5-8(2)9-3-4-11-10(9)6-7;1-2/h3-6,11H,1-2H3;1H. The maximum absolute atomic E-state index is 6.50. The molecule has 1 heterocycles. The normalized spacial score (nSPS) is 9.23. The van der Waals surface area contributed by atoms with Crippen molar-refractivity contribution < 1.29 is 0 Å². The smallest absolute Gasteiger partial charge is 0.0462 e. The summed E-state index contributed by atoms with van der Waals surface area (Å²) in [6.07, 6.45) is 1.98. The summed E-state index contributed by atoms with van der Waals surface area (Å²) in [7, 11) is 0. The predicted molar refractivity (Wildman–Crippen MR) is 54.4 cm³/mol. The fourth-order valence-electron chi connectivity index (χ4n) is 1.53. The number of nitriles is 1. The lowest BCUT2D eigenvalue weighted by Crippen LogP contribution is -1.77. The van der Waals surface area contributed by atoms with Crippen LogP contribution in [-0.4, -0.2) is 4.98 Å². The maximum Gasteiger partial charge on any atom is 0.0462 e. The largest absolute Gasteiger partial charge is 0.361 e. The van der Waals surface area contributed by atoms with Crippen molar-refractivity contribution in [2.45, 2.75) is 13.8 Å². The van der Waals surface area contributed by atoms with Crippen molar-refractivity contribution in [2.24, 2.45) is 0 Å². The van der Waals surface area contributed by atoms with Gasteiger partial charge in [0.05, 0.1) is 0 Å². The third kappa shape index (κ3) is 1.70. The molecule has 0 fully saturated rings. The third-order valence-corrected chi connectivity index (χ3v) is 2.02. The van der Waals surface area contributed by atoms with Gasteiger partial charge in [-0.3, -0.25) is 0 Å². The summed E-state index contributed by atoms with van der Waals surface area (Å²) < 4.78 is 0. The van der Waals surface area contributed by atoms with Gasteiger partial charge < -0.3 is 4.98 Å². The van der Waals surface area contributed by atoms with Gasteiger partial charge in [0.25, 0.3) is 0 Å². The van der Waals surface area contributed by atoms with E-state index in [9.17, 15) is 0 Å². The van der Waals surface area contributed by atoms with Gasteiger partial charge in [-0.05, 0) is 37.1 Å². The number of fused-ring (bicyclic) bond motifs is 1. The molecule has 66 valence electrons. The number of nitrogens with one attached hydrogen (secondary N) is 1. The first-order valence-electron chi connectivity index (χ1n) is 4.07. The van der Waals surface area contributed by atoms with Crippen LogP contribution in [0, 0.1) is 25.7 Å². The van der Waals surface area contributed by atoms with Crippen LogP contribution in [0.5, 0.6) is 0 Å². The minimum absolute atomic E-state index is 1.24. The van der Waals surface area contributed by atoms with E-state index in [4.69, 9.17) is 5.26 Å². The number of rotatable bonds is 0. The predicted octanol–water partition coefficient (Wildman–Crippen LogP) is 2.92. The highest BCUT2D eigenvalue weighted by molar-refractivity contribution is 5.83. The van der Waals surface area contributed by atoms with Gasteiger partial charge in [-0.25, -0.2) is 5.26 Å². The Kier molecular flexibility index (Phi) is 2.71. The Morgan fingerprint density at radius 1 is 1.23 bits per heavy atom. The second-order valence-electron chi connectivity index (χ2n) is 3.02. The van der Waals surface area contributed by atoms with Gasteiger partial charge in [0.1, 0.15) is 0 Å². The van der Waals surface area contributed by atoms with Gasteiger partial charge in [0.2, 0.25) is 0 Å². The molecule has 0 aliphatic carbocycles. The zero-order valence-corrected chi connectivity index (χ0v) is 7.83. The van der Waals surface area contributed by atoms with E-state index in [-0.39, 0.29) is 0 Å². The number of hydrogen-bond acceptors (Lipinski definition) is 1. The molecular weight excluding hydrogens is 160 g/mol. The van der Waals surface area contributed by atoms with Crippen LogP contribution >= 0.6 is 0 Å². The van der Waals surface area contributed by atoms with Gasteiger partial charge in [0, 0.05) is 23.7 Å². The molecule has 0 atom stereocenters. The second kappa shape index (κ2) is 3.77. The van der Waals surface area contributed by atoms with Gasteiger partial charge in [-0.15, -0.1) is 0 Å². The van der Waals surface area contributed by atoms with Crippen molar-refractivity contribution in [3.8, 4) is 6.57 Å². The van der Waals surface area contributed by atoms with Crippen molar-refractivity contribution >= 4 is 10.9 Å². The van der Waals surface area contributed by atoms with Crippen molar-refractivity contribution in [2.75, 3.05) is 0 Å². The van der Waals surface area contributed by atoms with E-state index in [0.29, 0.717) is 0 Å². The van der Waals surface area contributed by atoms with Gasteiger partial charge in [0.15, 0.2) is 0 Å². The number of aromatic nitrogens is 1. The minimum atomic E-state index is 1.24. The molecular formula is C11H12N2. The Morgan fingerprint density at radius 3 is 2.62 bits per heavy atom. The number of aromatic amines is 1. The number of benzene rings is 1. The summed E-state index contributed by atoms with van der Waals surface area (Å²) in [4.78, 5) is 3.20. The fraction of sp³-hybridized carbons (Fsp3) is 0.182. The second-order valence-corrected chi connectivity index (χ2v) is 3.02. The average Bonchev–Trinajstić information content (AvgIpc) is 2.55. The number of aryl methyl sites for hydroxylation is 2. The Morgan fingerprint density at radius 2 is 1.92 bits per heavy atom. The number of hydrogen-bond donors (Lipinski definition) is 1. The molecule has 0 saturated carbocycles. The van der Waals surface area contributed by atoms with Crippen LogP contribution in [0.4, 0.5) is 0 Å². The summed E-state index contributed by atoms with van der Waals surface area (Å²) >= 11 is 0. The van der Waals surface area contributed by atoms with E-state index in [1.807, 2.05) is 6.20 Å². The van der Waals surface area contributed by atoms with E-state index >= 15 is 0 Å². The topological polar surface area (TPSA) is 39.6 Å². The quantitative estimate of drug-likeness (QED) is 0.652. The van der Waals surface area contributed by atoms with Gasteiger partial charge >= 0.3 is 0 Å². The highest BCUT2D eigenvalue weighted by Crippen LogP contribution is 2.18. The maximum atomic E-state index is 6.50. The van der Waals surface area contributed by atoms with Crippen LogP contribution in [0.3, 0.4) is 0 Å². The summed E-state index contributed by atoms with van der Waals surface area (Å²) in [5.41, 5.74) is 3.90. The highest BCUT2D eigenvalue weighted by atomic mass is 14.7. The van der Waals surface area contributed by atoms with Crippen LogP contribution < -0.4 is 0 Å². The minimum Gasteiger partial charge on any atom is -0.361 e. The molecule has 0 bridgehead atoms.